The highest BCUT2D eigenvalue weighted by Crippen LogP contribution is 2.37. The monoisotopic (exact) mass is 463 g/mol. The van der Waals surface area contributed by atoms with Crippen LogP contribution in [0, 0.1) is 6.92 Å². The van der Waals surface area contributed by atoms with Crippen LogP contribution in [0.4, 0.5) is 5.69 Å². The van der Waals surface area contributed by atoms with Crippen molar-refractivity contribution in [3.05, 3.63) is 96.3 Å². The van der Waals surface area contributed by atoms with Crippen LogP contribution in [0.15, 0.2) is 85.1 Å². The SMILES string of the molecule is Cc1n[nH]c2ccc(-c3cc(N[C@@H](Cc4ccccc4)C(N)=O)cnc3-c3ccccc3O)cc12. The number of anilines is 1. The minimum absolute atomic E-state index is 0.140. The Balaban J connectivity index is 1.59. The van der Waals surface area contributed by atoms with E-state index in [1.165, 1.54) is 0 Å². The number of amides is 1. The number of para-hydroxylation sites is 1. The molecule has 0 fully saturated rings. The molecule has 0 aliphatic carbocycles. The highest BCUT2D eigenvalue weighted by atomic mass is 16.3. The number of nitrogens with one attached hydrogen (secondary N) is 2. The number of phenols is 1. The van der Waals surface area contributed by atoms with Crippen LogP contribution in [0.2, 0.25) is 0 Å². The maximum atomic E-state index is 12.2. The average Bonchev–Trinajstić information content (AvgIpc) is 3.24. The molecule has 174 valence electrons. The van der Waals surface area contributed by atoms with Crippen molar-refractivity contribution in [1.82, 2.24) is 15.2 Å². The number of aryl methyl sites for hydroxylation is 1. The van der Waals surface area contributed by atoms with E-state index in [1.807, 2.05) is 73.7 Å². The van der Waals surface area contributed by atoms with Gasteiger partial charge < -0.3 is 16.2 Å². The smallest absolute Gasteiger partial charge is 0.240 e. The van der Waals surface area contributed by atoms with Gasteiger partial charge in [-0.1, -0.05) is 48.5 Å². The predicted octanol–water partition coefficient (Wildman–Crippen LogP) is 4.81. The minimum Gasteiger partial charge on any atom is -0.507 e. The van der Waals surface area contributed by atoms with Gasteiger partial charge in [-0.3, -0.25) is 14.9 Å². The summed E-state index contributed by atoms with van der Waals surface area (Å²) in [6, 6.07) is 24.2. The molecule has 0 radical (unpaired) electrons. The maximum absolute atomic E-state index is 12.2. The number of H-pyrrole nitrogens is 1. The number of carbonyl (C=O) groups excluding carboxylic acids is 1. The van der Waals surface area contributed by atoms with Gasteiger partial charge in [0.15, 0.2) is 0 Å². The summed E-state index contributed by atoms with van der Waals surface area (Å²) in [6.07, 6.45) is 2.11. The largest absolute Gasteiger partial charge is 0.507 e. The topological polar surface area (TPSA) is 117 Å². The molecular formula is C28H25N5O2. The Morgan fingerprint density at radius 3 is 2.57 bits per heavy atom. The molecule has 0 aliphatic rings. The first-order valence-corrected chi connectivity index (χ1v) is 11.3. The molecule has 0 aliphatic heterocycles. The summed E-state index contributed by atoms with van der Waals surface area (Å²) in [5, 5.41) is 22.1. The normalized spacial score (nSPS) is 11.9. The van der Waals surface area contributed by atoms with Crippen molar-refractivity contribution in [3.63, 3.8) is 0 Å². The van der Waals surface area contributed by atoms with Gasteiger partial charge in [-0.25, -0.2) is 0 Å². The molecule has 1 atom stereocenters. The summed E-state index contributed by atoms with van der Waals surface area (Å²) < 4.78 is 0. The molecule has 0 saturated carbocycles. The summed E-state index contributed by atoms with van der Waals surface area (Å²) in [5.74, 6) is -0.308. The molecule has 1 amide bonds. The number of rotatable bonds is 7. The van der Waals surface area contributed by atoms with Gasteiger partial charge in [0.05, 0.1) is 28.8 Å². The van der Waals surface area contributed by atoms with E-state index in [0.717, 1.165) is 33.3 Å². The number of carbonyl (C=O) groups is 1. The number of aromatic hydroxyl groups is 1. The number of phenolic OH excluding ortho intramolecular Hbond substituents is 1. The van der Waals surface area contributed by atoms with E-state index in [0.29, 0.717) is 23.4 Å². The third-order valence-electron chi connectivity index (χ3n) is 6.08. The van der Waals surface area contributed by atoms with Gasteiger partial charge in [-0.15, -0.1) is 0 Å². The van der Waals surface area contributed by atoms with Crippen molar-refractivity contribution >= 4 is 22.5 Å². The molecule has 5 rings (SSSR count). The fourth-order valence-electron chi connectivity index (χ4n) is 4.24. The number of primary amides is 1. The Hall–Kier alpha value is -4.65. The van der Waals surface area contributed by atoms with Gasteiger partial charge in [0.1, 0.15) is 11.8 Å². The Labute approximate surface area is 202 Å². The quantitative estimate of drug-likeness (QED) is 0.276. The molecule has 5 aromatic rings. The number of hydrogen-bond acceptors (Lipinski definition) is 5. The van der Waals surface area contributed by atoms with Crippen LogP contribution in [-0.4, -0.2) is 32.2 Å². The fraction of sp³-hybridized carbons (Fsp3) is 0.107. The number of fused-ring (bicyclic) bond motifs is 1. The van der Waals surface area contributed by atoms with Crippen molar-refractivity contribution in [2.24, 2.45) is 5.73 Å². The second kappa shape index (κ2) is 9.30. The zero-order chi connectivity index (χ0) is 24.4. The fourth-order valence-corrected chi connectivity index (χ4v) is 4.24. The van der Waals surface area contributed by atoms with Crippen LogP contribution in [-0.2, 0) is 11.2 Å². The lowest BCUT2D eigenvalue weighted by atomic mass is 9.97. The molecule has 5 N–H and O–H groups in total. The van der Waals surface area contributed by atoms with Crippen molar-refractivity contribution in [2.45, 2.75) is 19.4 Å². The second-order valence-electron chi connectivity index (χ2n) is 8.50. The van der Waals surface area contributed by atoms with E-state index < -0.39 is 11.9 Å². The van der Waals surface area contributed by atoms with E-state index in [-0.39, 0.29) is 5.75 Å². The van der Waals surface area contributed by atoms with E-state index >= 15 is 0 Å². The van der Waals surface area contributed by atoms with Gasteiger partial charge in [0.25, 0.3) is 0 Å². The molecule has 0 unspecified atom stereocenters. The number of nitrogens with two attached hydrogens (primary N) is 1. The van der Waals surface area contributed by atoms with Gasteiger partial charge in [-0.05, 0) is 48.4 Å². The van der Waals surface area contributed by atoms with Crippen LogP contribution in [0.25, 0.3) is 33.3 Å². The molecule has 2 heterocycles. The van der Waals surface area contributed by atoms with Crippen LogP contribution in [0.5, 0.6) is 5.75 Å². The zero-order valence-electron chi connectivity index (χ0n) is 19.2. The van der Waals surface area contributed by atoms with Crippen LogP contribution >= 0.6 is 0 Å². The summed E-state index contributed by atoms with van der Waals surface area (Å²) >= 11 is 0. The third kappa shape index (κ3) is 4.56. The molecular weight excluding hydrogens is 438 g/mol. The molecule has 0 saturated heterocycles. The van der Waals surface area contributed by atoms with E-state index in [1.54, 1.807) is 18.3 Å². The van der Waals surface area contributed by atoms with Crippen LogP contribution in [0.3, 0.4) is 0 Å². The predicted molar refractivity (Wildman–Crippen MR) is 138 cm³/mol. The molecule has 7 heteroatoms. The molecule has 0 bridgehead atoms. The summed E-state index contributed by atoms with van der Waals surface area (Å²) in [6.45, 7) is 1.95. The Kier molecular flexibility index (Phi) is 5.89. The number of aromatic nitrogens is 3. The summed E-state index contributed by atoms with van der Waals surface area (Å²) in [4.78, 5) is 16.9. The van der Waals surface area contributed by atoms with Gasteiger partial charge in [0, 0.05) is 22.9 Å². The summed E-state index contributed by atoms with van der Waals surface area (Å²) in [5.41, 5.74) is 12.2. The molecule has 35 heavy (non-hydrogen) atoms. The first-order valence-electron chi connectivity index (χ1n) is 11.3. The van der Waals surface area contributed by atoms with E-state index in [9.17, 15) is 9.90 Å². The Morgan fingerprint density at radius 1 is 1.03 bits per heavy atom. The van der Waals surface area contributed by atoms with Crippen molar-refractivity contribution in [3.8, 4) is 28.1 Å². The molecule has 2 aromatic heterocycles. The van der Waals surface area contributed by atoms with Gasteiger partial charge in [-0.2, -0.15) is 5.10 Å². The Bertz CT molecular complexity index is 1510. The van der Waals surface area contributed by atoms with Gasteiger partial charge >= 0.3 is 0 Å². The lowest BCUT2D eigenvalue weighted by molar-refractivity contribution is -0.118. The lowest BCUT2D eigenvalue weighted by Gasteiger charge is -2.19. The Morgan fingerprint density at radius 2 is 1.80 bits per heavy atom. The molecule has 3 aromatic carbocycles. The maximum Gasteiger partial charge on any atom is 0.240 e. The van der Waals surface area contributed by atoms with Crippen LogP contribution in [0.1, 0.15) is 11.3 Å². The highest BCUT2D eigenvalue weighted by Gasteiger charge is 2.19. The number of pyridine rings is 1. The second-order valence-corrected chi connectivity index (χ2v) is 8.50. The number of aromatic amines is 1. The standard InChI is InChI=1S/C28H25N5O2/c1-17-22-14-19(11-12-24(22)33-32-17)23-15-20(16-30-27(23)21-9-5-6-10-26(21)34)31-25(28(29)35)13-18-7-3-2-4-8-18/h2-12,14-16,25,31,34H,13H2,1H3,(H2,29,35)(H,32,33)/t25-/m0/s1. The highest BCUT2D eigenvalue weighted by molar-refractivity contribution is 5.92. The molecule has 7 nitrogen and oxygen atoms in total. The average molecular weight is 464 g/mol. The lowest BCUT2D eigenvalue weighted by Crippen LogP contribution is -2.37. The number of nitrogens with zero attached hydrogens (tertiary/aromatic N) is 2. The van der Waals surface area contributed by atoms with Crippen LogP contribution < -0.4 is 11.1 Å². The van der Waals surface area contributed by atoms with E-state index in [2.05, 4.69) is 15.5 Å². The first-order chi connectivity index (χ1) is 17.0. The van der Waals surface area contributed by atoms with Crippen molar-refractivity contribution in [1.29, 1.82) is 0 Å². The van der Waals surface area contributed by atoms with Gasteiger partial charge in [0.2, 0.25) is 5.91 Å². The molecule has 0 spiro atoms. The van der Waals surface area contributed by atoms with E-state index in [4.69, 9.17) is 10.7 Å². The summed E-state index contributed by atoms with van der Waals surface area (Å²) in [7, 11) is 0. The third-order valence-corrected chi connectivity index (χ3v) is 6.08. The zero-order valence-corrected chi connectivity index (χ0v) is 19.2. The number of hydrogen-bond donors (Lipinski definition) is 4. The minimum atomic E-state index is -0.610. The van der Waals surface area contributed by atoms with Crippen molar-refractivity contribution in [2.75, 3.05) is 5.32 Å². The first kappa shape index (κ1) is 22.2. The van der Waals surface area contributed by atoms with Crippen molar-refractivity contribution < 1.29 is 9.90 Å². The number of benzene rings is 3.